The summed E-state index contributed by atoms with van der Waals surface area (Å²) in [5.74, 6) is 1.42. The number of carbonyl (C=O) groups excluding carboxylic acids is 1. The first kappa shape index (κ1) is 22.6. The number of rotatable bonds is 13. The van der Waals surface area contributed by atoms with Gasteiger partial charge in [-0.15, -0.1) is 0 Å². The van der Waals surface area contributed by atoms with E-state index in [1.807, 2.05) is 78.9 Å². The Hall–Kier alpha value is -3.07. The van der Waals surface area contributed by atoms with E-state index in [2.05, 4.69) is 6.92 Å². The molecule has 3 aromatic rings. The summed E-state index contributed by atoms with van der Waals surface area (Å²) in [6.07, 6.45) is 6.19. The van der Waals surface area contributed by atoms with Gasteiger partial charge in [-0.1, -0.05) is 93.3 Å². The molecule has 0 saturated carbocycles. The van der Waals surface area contributed by atoms with Gasteiger partial charge in [-0.25, -0.2) is 0 Å². The highest BCUT2D eigenvalue weighted by molar-refractivity contribution is 5.98. The van der Waals surface area contributed by atoms with Crippen LogP contribution >= 0.6 is 0 Å². The number of Topliss-reactive ketones (excluding diaryl/α,β-unsaturated/α-hetero) is 1. The van der Waals surface area contributed by atoms with Crippen LogP contribution < -0.4 is 9.47 Å². The maximum atomic E-state index is 12.9. The maximum Gasteiger partial charge on any atom is 0.166 e. The Morgan fingerprint density at radius 2 is 1.32 bits per heavy atom. The molecule has 3 nitrogen and oxygen atoms in total. The van der Waals surface area contributed by atoms with Crippen LogP contribution in [0.3, 0.4) is 0 Å². The van der Waals surface area contributed by atoms with Crippen molar-refractivity contribution in [2.75, 3.05) is 0 Å². The van der Waals surface area contributed by atoms with E-state index < -0.39 is 0 Å². The van der Waals surface area contributed by atoms with Crippen LogP contribution in [0, 0.1) is 0 Å². The molecule has 0 aliphatic carbocycles. The molecule has 0 amide bonds. The monoisotopic (exact) mass is 416 g/mol. The molecule has 0 unspecified atom stereocenters. The number of carbonyl (C=O) groups is 1. The molecule has 0 atom stereocenters. The Balaban J connectivity index is 1.68. The van der Waals surface area contributed by atoms with Crippen molar-refractivity contribution in [1.82, 2.24) is 0 Å². The molecule has 0 fully saturated rings. The second kappa shape index (κ2) is 12.6. The highest BCUT2D eigenvalue weighted by Gasteiger charge is 2.14. The Kier molecular flexibility index (Phi) is 9.18. The third kappa shape index (κ3) is 7.60. The zero-order valence-corrected chi connectivity index (χ0v) is 18.4. The van der Waals surface area contributed by atoms with E-state index in [9.17, 15) is 4.79 Å². The van der Waals surface area contributed by atoms with Crippen molar-refractivity contribution in [3.8, 4) is 11.5 Å². The Morgan fingerprint density at radius 3 is 1.97 bits per heavy atom. The van der Waals surface area contributed by atoms with Gasteiger partial charge >= 0.3 is 0 Å². The Bertz CT molecular complexity index is 920. The fourth-order valence-corrected chi connectivity index (χ4v) is 3.44. The lowest BCUT2D eigenvalue weighted by Crippen LogP contribution is -2.05. The summed E-state index contributed by atoms with van der Waals surface area (Å²) in [5.41, 5.74) is 2.80. The minimum atomic E-state index is 0.133. The van der Waals surface area contributed by atoms with Gasteiger partial charge in [-0.05, 0) is 29.7 Å². The maximum absolute atomic E-state index is 12.9. The van der Waals surface area contributed by atoms with Crippen LogP contribution in [0.15, 0.2) is 78.9 Å². The van der Waals surface area contributed by atoms with Crippen LogP contribution in [-0.4, -0.2) is 5.78 Å². The smallest absolute Gasteiger partial charge is 0.166 e. The summed E-state index contributed by atoms with van der Waals surface area (Å²) < 4.78 is 12.0. The van der Waals surface area contributed by atoms with Crippen molar-refractivity contribution >= 4 is 5.78 Å². The van der Waals surface area contributed by atoms with Crippen LogP contribution in [0.2, 0.25) is 0 Å². The number of hydrogen-bond acceptors (Lipinski definition) is 3. The van der Waals surface area contributed by atoms with E-state index in [-0.39, 0.29) is 5.78 Å². The van der Waals surface area contributed by atoms with Crippen LogP contribution in [0.1, 0.15) is 66.9 Å². The van der Waals surface area contributed by atoms with Crippen LogP contribution in [-0.2, 0) is 13.2 Å². The zero-order chi connectivity index (χ0) is 21.7. The van der Waals surface area contributed by atoms with E-state index in [1.54, 1.807) is 0 Å². The van der Waals surface area contributed by atoms with Gasteiger partial charge in [0.2, 0.25) is 0 Å². The third-order valence-electron chi connectivity index (χ3n) is 5.25. The number of ether oxygens (including phenoxy) is 2. The SMILES string of the molecule is CCCCCCCC(=O)c1ccc(OCc2ccccc2)cc1OCc1ccccc1. The molecule has 3 aromatic carbocycles. The molecule has 162 valence electrons. The van der Waals surface area contributed by atoms with E-state index in [4.69, 9.17) is 9.47 Å². The van der Waals surface area contributed by atoms with E-state index >= 15 is 0 Å². The van der Waals surface area contributed by atoms with Crippen LogP contribution in [0.5, 0.6) is 11.5 Å². The third-order valence-corrected chi connectivity index (χ3v) is 5.25. The van der Waals surface area contributed by atoms with Crippen LogP contribution in [0.4, 0.5) is 0 Å². The molecule has 0 aliphatic heterocycles. The summed E-state index contributed by atoms with van der Waals surface area (Å²) in [6, 6.07) is 25.6. The van der Waals surface area contributed by atoms with Crippen molar-refractivity contribution in [2.24, 2.45) is 0 Å². The molecule has 0 spiro atoms. The molecule has 0 bridgehead atoms. The first-order valence-corrected chi connectivity index (χ1v) is 11.3. The topological polar surface area (TPSA) is 35.5 Å². The van der Waals surface area contributed by atoms with Crippen molar-refractivity contribution in [2.45, 2.75) is 58.7 Å². The highest BCUT2D eigenvalue weighted by atomic mass is 16.5. The summed E-state index contributed by atoms with van der Waals surface area (Å²) >= 11 is 0. The highest BCUT2D eigenvalue weighted by Crippen LogP contribution is 2.28. The number of ketones is 1. The van der Waals surface area contributed by atoms with E-state index in [0.29, 0.717) is 36.7 Å². The first-order valence-electron chi connectivity index (χ1n) is 11.3. The number of hydrogen-bond donors (Lipinski definition) is 0. The van der Waals surface area contributed by atoms with Gasteiger partial charge in [0, 0.05) is 12.5 Å². The summed E-state index contributed by atoms with van der Waals surface area (Å²) in [6.45, 7) is 3.09. The van der Waals surface area contributed by atoms with Gasteiger partial charge in [0.1, 0.15) is 24.7 Å². The predicted octanol–water partition coefficient (Wildman–Crippen LogP) is 7.39. The van der Waals surface area contributed by atoms with Gasteiger partial charge in [-0.2, -0.15) is 0 Å². The summed E-state index contributed by atoms with van der Waals surface area (Å²) in [7, 11) is 0. The Labute approximate surface area is 186 Å². The second-order valence-corrected chi connectivity index (χ2v) is 7.79. The van der Waals surface area contributed by atoms with Crippen molar-refractivity contribution in [1.29, 1.82) is 0 Å². The molecule has 0 heterocycles. The van der Waals surface area contributed by atoms with Gasteiger partial charge in [0.25, 0.3) is 0 Å². The van der Waals surface area contributed by atoms with Gasteiger partial charge in [0.15, 0.2) is 5.78 Å². The average molecular weight is 417 g/mol. The van der Waals surface area contributed by atoms with E-state index in [0.717, 1.165) is 24.0 Å². The second-order valence-electron chi connectivity index (χ2n) is 7.79. The normalized spacial score (nSPS) is 10.6. The van der Waals surface area contributed by atoms with Gasteiger partial charge in [0.05, 0.1) is 5.56 Å². The molecule has 31 heavy (non-hydrogen) atoms. The first-order chi connectivity index (χ1) is 15.3. The quantitative estimate of drug-likeness (QED) is 0.215. The molecule has 0 radical (unpaired) electrons. The molecule has 0 N–H and O–H groups in total. The number of unbranched alkanes of at least 4 members (excludes halogenated alkanes) is 4. The fourth-order valence-electron chi connectivity index (χ4n) is 3.44. The largest absolute Gasteiger partial charge is 0.489 e. The van der Waals surface area contributed by atoms with Gasteiger partial charge in [-0.3, -0.25) is 4.79 Å². The minimum Gasteiger partial charge on any atom is -0.489 e. The molecule has 0 aliphatic rings. The van der Waals surface area contributed by atoms with Crippen LogP contribution in [0.25, 0.3) is 0 Å². The molecule has 0 aromatic heterocycles. The lowest BCUT2D eigenvalue weighted by atomic mass is 10.0. The number of benzene rings is 3. The zero-order valence-electron chi connectivity index (χ0n) is 18.4. The Morgan fingerprint density at radius 1 is 0.710 bits per heavy atom. The van der Waals surface area contributed by atoms with Crippen molar-refractivity contribution in [3.05, 3.63) is 95.6 Å². The lowest BCUT2D eigenvalue weighted by molar-refractivity contribution is 0.0974. The average Bonchev–Trinajstić information content (AvgIpc) is 2.82. The molecule has 3 rings (SSSR count). The van der Waals surface area contributed by atoms with E-state index in [1.165, 1.54) is 19.3 Å². The predicted molar refractivity (Wildman–Crippen MR) is 126 cm³/mol. The molecular formula is C28H32O3. The molecular weight excluding hydrogens is 384 g/mol. The molecule has 3 heteroatoms. The van der Waals surface area contributed by atoms with Gasteiger partial charge < -0.3 is 9.47 Å². The minimum absolute atomic E-state index is 0.133. The van der Waals surface area contributed by atoms with Crippen molar-refractivity contribution in [3.63, 3.8) is 0 Å². The summed E-state index contributed by atoms with van der Waals surface area (Å²) in [4.78, 5) is 12.9. The summed E-state index contributed by atoms with van der Waals surface area (Å²) in [5, 5.41) is 0. The van der Waals surface area contributed by atoms with Crippen molar-refractivity contribution < 1.29 is 14.3 Å². The molecule has 0 saturated heterocycles. The lowest BCUT2D eigenvalue weighted by Gasteiger charge is -2.14. The standard InChI is InChI=1S/C28H32O3/c1-2-3-4-5-12-17-27(29)26-19-18-25(30-21-23-13-8-6-9-14-23)20-28(26)31-22-24-15-10-7-11-16-24/h6-11,13-16,18-20H,2-5,12,17,21-22H2,1H3. The fraction of sp³-hybridized carbons (Fsp3) is 0.321.